The van der Waals surface area contributed by atoms with Crippen molar-refractivity contribution in [3.05, 3.63) is 40.7 Å². The van der Waals surface area contributed by atoms with Gasteiger partial charge in [0.05, 0.1) is 15.6 Å². The van der Waals surface area contributed by atoms with Crippen molar-refractivity contribution >= 4 is 46.3 Å². The number of nitrogen functional groups attached to an aromatic ring is 1. The Morgan fingerprint density at radius 3 is 2.87 bits per heavy atom. The molecule has 15 heavy (non-hydrogen) atoms. The van der Waals surface area contributed by atoms with Gasteiger partial charge in [0.1, 0.15) is 0 Å². The highest BCUT2D eigenvalue weighted by Gasteiger charge is 2.00. The SMILES string of the molecule is Nc1cc(Cl)ccc1NSc1cccs1. The van der Waals surface area contributed by atoms with Crippen molar-refractivity contribution in [2.24, 2.45) is 0 Å². The van der Waals surface area contributed by atoms with Crippen LogP contribution in [-0.2, 0) is 0 Å². The second kappa shape index (κ2) is 4.79. The van der Waals surface area contributed by atoms with Crippen molar-refractivity contribution in [2.75, 3.05) is 10.5 Å². The van der Waals surface area contributed by atoms with E-state index in [0.29, 0.717) is 10.7 Å². The molecule has 2 nitrogen and oxygen atoms in total. The van der Waals surface area contributed by atoms with Gasteiger partial charge in [-0.1, -0.05) is 17.7 Å². The number of hydrogen-bond acceptors (Lipinski definition) is 4. The van der Waals surface area contributed by atoms with E-state index in [0.717, 1.165) is 5.69 Å². The molecule has 2 aromatic rings. The van der Waals surface area contributed by atoms with E-state index in [-0.39, 0.29) is 0 Å². The molecular formula is C10H9ClN2S2. The van der Waals surface area contributed by atoms with Crippen LogP contribution in [0.5, 0.6) is 0 Å². The molecular weight excluding hydrogens is 248 g/mol. The molecule has 0 amide bonds. The maximum Gasteiger partial charge on any atom is 0.0807 e. The predicted molar refractivity (Wildman–Crippen MR) is 69.7 cm³/mol. The number of rotatable bonds is 3. The zero-order valence-electron chi connectivity index (χ0n) is 7.74. The molecule has 0 aliphatic carbocycles. The van der Waals surface area contributed by atoms with E-state index in [1.54, 1.807) is 29.4 Å². The van der Waals surface area contributed by atoms with E-state index in [1.807, 2.05) is 23.6 Å². The molecule has 0 aliphatic rings. The molecule has 0 spiro atoms. The third kappa shape index (κ3) is 2.81. The summed E-state index contributed by atoms with van der Waals surface area (Å²) in [5.41, 5.74) is 7.35. The number of halogens is 1. The largest absolute Gasteiger partial charge is 0.397 e. The van der Waals surface area contributed by atoms with E-state index in [1.165, 1.54) is 4.21 Å². The normalized spacial score (nSPS) is 10.2. The van der Waals surface area contributed by atoms with Crippen LogP contribution in [0.15, 0.2) is 39.9 Å². The first-order valence-electron chi connectivity index (χ1n) is 4.27. The van der Waals surface area contributed by atoms with Gasteiger partial charge in [0, 0.05) is 5.02 Å². The average molecular weight is 257 g/mol. The van der Waals surface area contributed by atoms with Gasteiger partial charge in [-0.05, 0) is 41.6 Å². The van der Waals surface area contributed by atoms with Crippen LogP contribution in [0.1, 0.15) is 0 Å². The molecule has 1 aromatic heterocycles. The number of nitrogens with one attached hydrogen (secondary N) is 1. The summed E-state index contributed by atoms with van der Waals surface area (Å²) in [6.45, 7) is 0. The van der Waals surface area contributed by atoms with Gasteiger partial charge in [-0.3, -0.25) is 0 Å². The van der Waals surface area contributed by atoms with E-state index >= 15 is 0 Å². The van der Waals surface area contributed by atoms with Crippen molar-refractivity contribution in [3.8, 4) is 0 Å². The Morgan fingerprint density at radius 2 is 2.20 bits per heavy atom. The third-order valence-electron chi connectivity index (χ3n) is 1.77. The Balaban J connectivity index is 2.05. The molecule has 0 saturated carbocycles. The fourth-order valence-corrected chi connectivity index (χ4v) is 2.71. The molecule has 0 fully saturated rings. The summed E-state index contributed by atoms with van der Waals surface area (Å²) in [7, 11) is 0. The summed E-state index contributed by atoms with van der Waals surface area (Å²) in [4.78, 5) is 0. The summed E-state index contributed by atoms with van der Waals surface area (Å²) < 4.78 is 4.38. The highest BCUT2D eigenvalue weighted by molar-refractivity contribution is 8.02. The van der Waals surface area contributed by atoms with Crippen molar-refractivity contribution in [1.29, 1.82) is 0 Å². The van der Waals surface area contributed by atoms with Crippen LogP contribution in [0.3, 0.4) is 0 Å². The summed E-state index contributed by atoms with van der Waals surface area (Å²) in [5.74, 6) is 0. The first-order chi connectivity index (χ1) is 7.25. The van der Waals surface area contributed by atoms with Crippen LogP contribution in [0, 0.1) is 0 Å². The van der Waals surface area contributed by atoms with Gasteiger partial charge in [0.15, 0.2) is 0 Å². The molecule has 3 N–H and O–H groups in total. The number of benzene rings is 1. The van der Waals surface area contributed by atoms with Gasteiger partial charge in [-0.25, -0.2) is 0 Å². The van der Waals surface area contributed by atoms with Crippen molar-refractivity contribution < 1.29 is 0 Å². The van der Waals surface area contributed by atoms with Gasteiger partial charge in [0.25, 0.3) is 0 Å². The van der Waals surface area contributed by atoms with Crippen LogP contribution in [0.2, 0.25) is 5.02 Å². The fraction of sp³-hybridized carbons (Fsp3) is 0. The van der Waals surface area contributed by atoms with Gasteiger partial charge in [-0.2, -0.15) is 0 Å². The molecule has 0 radical (unpaired) electrons. The van der Waals surface area contributed by atoms with Crippen LogP contribution in [0.4, 0.5) is 11.4 Å². The molecule has 5 heteroatoms. The zero-order valence-corrected chi connectivity index (χ0v) is 10.1. The maximum absolute atomic E-state index is 5.80. The molecule has 0 unspecified atom stereocenters. The minimum Gasteiger partial charge on any atom is -0.397 e. The third-order valence-corrected chi connectivity index (χ3v) is 3.86. The van der Waals surface area contributed by atoms with Crippen LogP contribution in [0.25, 0.3) is 0 Å². The summed E-state index contributed by atoms with van der Waals surface area (Å²) in [6, 6.07) is 9.49. The fourth-order valence-electron chi connectivity index (χ4n) is 1.05. The Morgan fingerprint density at radius 1 is 1.33 bits per heavy atom. The Bertz CT molecular complexity index is 443. The lowest BCUT2D eigenvalue weighted by Crippen LogP contribution is -1.93. The van der Waals surface area contributed by atoms with Gasteiger partial charge in [0.2, 0.25) is 0 Å². The second-order valence-electron chi connectivity index (χ2n) is 2.87. The van der Waals surface area contributed by atoms with E-state index in [2.05, 4.69) is 10.8 Å². The highest BCUT2D eigenvalue weighted by atomic mass is 35.5. The minimum atomic E-state index is 0.652. The highest BCUT2D eigenvalue weighted by Crippen LogP contribution is 2.29. The number of thiophene rings is 1. The van der Waals surface area contributed by atoms with Crippen molar-refractivity contribution in [2.45, 2.75) is 4.21 Å². The van der Waals surface area contributed by atoms with Gasteiger partial charge < -0.3 is 10.5 Å². The Hall–Kier alpha value is -0.840. The molecule has 78 valence electrons. The summed E-state index contributed by atoms with van der Waals surface area (Å²) in [6.07, 6.45) is 0. The Kier molecular flexibility index (Phi) is 3.41. The number of nitrogens with two attached hydrogens (primary N) is 1. The quantitative estimate of drug-likeness (QED) is 0.641. The first-order valence-corrected chi connectivity index (χ1v) is 6.34. The van der Waals surface area contributed by atoms with Crippen molar-refractivity contribution in [1.82, 2.24) is 0 Å². The van der Waals surface area contributed by atoms with E-state index in [9.17, 15) is 0 Å². The molecule has 0 saturated heterocycles. The van der Waals surface area contributed by atoms with E-state index < -0.39 is 0 Å². The topological polar surface area (TPSA) is 38.0 Å². The lowest BCUT2D eigenvalue weighted by Gasteiger charge is -2.06. The maximum atomic E-state index is 5.80. The molecule has 0 aliphatic heterocycles. The van der Waals surface area contributed by atoms with Crippen LogP contribution in [-0.4, -0.2) is 0 Å². The van der Waals surface area contributed by atoms with Gasteiger partial charge in [-0.15, -0.1) is 11.3 Å². The average Bonchev–Trinajstić information content (AvgIpc) is 2.69. The Labute approximate surface area is 102 Å². The monoisotopic (exact) mass is 256 g/mol. The lowest BCUT2D eigenvalue weighted by molar-refractivity contribution is 1.65. The number of hydrogen-bond donors (Lipinski definition) is 2. The summed E-state index contributed by atoms with van der Waals surface area (Å²) >= 11 is 9.03. The molecule has 0 atom stereocenters. The molecule has 2 rings (SSSR count). The summed E-state index contributed by atoms with van der Waals surface area (Å²) in [5, 5.41) is 2.69. The first kappa shape index (κ1) is 10.7. The standard InChI is InChI=1S/C10H9ClN2S2/c11-7-3-4-9(8(12)6-7)13-15-10-2-1-5-14-10/h1-6,13H,12H2. The second-order valence-corrected chi connectivity index (χ2v) is 5.36. The zero-order chi connectivity index (χ0) is 10.7. The predicted octanol–water partition coefficient (Wildman–Crippen LogP) is 4.10. The smallest absolute Gasteiger partial charge is 0.0807 e. The number of anilines is 2. The molecule has 1 aromatic carbocycles. The van der Waals surface area contributed by atoms with Crippen LogP contribution < -0.4 is 10.5 Å². The van der Waals surface area contributed by atoms with Crippen molar-refractivity contribution in [3.63, 3.8) is 0 Å². The minimum absolute atomic E-state index is 0.652. The van der Waals surface area contributed by atoms with Crippen LogP contribution >= 0.6 is 34.9 Å². The lowest BCUT2D eigenvalue weighted by atomic mass is 10.3. The van der Waals surface area contributed by atoms with Gasteiger partial charge >= 0.3 is 0 Å². The van der Waals surface area contributed by atoms with E-state index in [4.69, 9.17) is 17.3 Å². The molecule has 1 heterocycles. The molecule has 0 bridgehead atoms.